The van der Waals surface area contributed by atoms with Crippen LogP contribution in [0.3, 0.4) is 0 Å². The lowest BCUT2D eigenvalue weighted by atomic mass is 10.0. The van der Waals surface area contributed by atoms with E-state index < -0.39 is 0 Å². The van der Waals surface area contributed by atoms with Crippen LogP contribution in [0.2, 0.25) is 0 Å². The van der Waals surface area contributed by atoms with Gasteiger partial charge in [-0.1, -0.05) is 24.6 Å². The van der Waals surface area contributed by atoms with Crippen molar-refractivity contribution in [2.75, 3.05) is 33.3 Å². The van der Waals surface area contributed by atoms with Gasteiger partial charge in [0.05, 0.1) is 13.2 Å². The Morgan fingerprint density at radius 3 is 2.58 bits per heavy atom. The molecule has 1 unspecified atom stereocenters. The number of piperidine rings is 1. The number of nitrogens with one attached hydrogen (secondary N) is 2. The lowest BCUT2D eigenvalue weighted by Gasteiger charge is -2.35. The lowest BCUT2D eigenvalue weighted by Crippen LogP contribution is -2.44. The van der Waals surface area contributed by atoms with E-state index in [4.69, 9.17) is 9.73 Å². The van der Waals surface area contributed by atoms with Crippen LogP contribution in [-0.4, -0.2) is 58.7 Å². The molecule has 0 spiro atoms. The third-order valence-corrected chi connectivity index (χ3v) is 5.90. The average molecular weight is 563 g/mol. The molecule has 1 aliphatic rings. The van der Waals surface area contributed by atoms with Crippen LogP contribution in [0, 0.1) is 0 Å². The molecule has 0 aliphatic carbocycles. The smallest absolute Gasteiger partial charge is 0.191 e. The zero-order valence-electron chi connectivity index (χ0n) is 19.4. The molecule has 1 saturated heterocycles. The predicted molar refractivity (Wildman–Crippen MR) is 142 cm³/mol. The first kappa shape index (κ1) is 25.2. The highest BCUT2D eigenvalue weighted by Gasteiger charge is 2.22. The maximum atomic E-state index is 5.35. The molecule has 4 rings (SSSR count). The van der Waals surface area contributed by atoms with Crippen LogP contribution in [-0.2, 0) is 6.54 Å². The summed E-state index contributed by atoms with van der Waals surface area (Å²) in [7, 11) is 1.70. The molecule has 3 aromatic rings. The summed E-state index contributed by atoms with van der Waals surface area (Å²) in [5.41, 5.74) is 2.12. The number of hydrogen-bond acceptors (Lipinski definition) is 5. The number of benzene rings is 1. The van der Waals surface area contributed by atoms with Crippen LogP contribution in [0.15, 0.2) is 53.7 Å². The second kappa shape index (κ2) is 12.7. The van der Waals surface area contributed by atoms with E-state index in [1.165, 1.54) is 24.8 Å². The number of rotatable bonds is 8. The fraction of sp³-hybridized carbons (Fsp3) is 0.458. The van der Waals surface area contributed by atoms with Gasteiger partial charge in [-0.05, 0) is 62.7 Å². The summed E-state index contributed by atoms with van der Waals surface area (Å²) < 4.78 is 7.32. The van der Waals surface area contributed by atoms with E-state index >= 15 is 0 Å². The molecule has 1 aliphatic heterocycles. The van der Waals surface area contributed by atoms with Crippen molar-refractivity contribution in [3.63, 3.8) is 0 Å². The highest BCUT2D eigenvalue weighted by molar-refractivity contribution is 14.0. The fourth-order valence-corrected chi connectivity index (χ4v) is 4.20. The molecule has 178 valence electrons. The largest absolute Gasteiger partial charge is 0.497 e. The van der Waals surface area contributed by atoms with Crippen molar-refractivity contribution < 1.29 is 4.74 Å². The quantitative estimate of drug-likeness (QED) is 0.248. The van der Waals surface area contributed by atoms with Crippen molar-refractivity contribution in [1.82, 2.24) is 30.1 Å². The standard InChI is InChI=1S/C24H33N7O.HI/c1-3-25-24(27-18-23-29-28-22-9-5-8-16-31(22)23)26-17-21(30-14-6-4-7-15-30)19-10-12-20(32-2)13-11-19;/h5,8-13,16,21H,3-4,6-7,14-15,17-18H2,1-2H3,(H2,25,26,27);1H. The van der Waals surface area contributed by atoms with Gasteiger partial charge in [-0.25, -0.2) is 4.99 Å². The number of aromatic nitrogens is 3. The molecule has 33 heavy (non-hydrogen) atoms. The van der Waals surface area contributed by atoms with Gasteiger partial charge in [-0.3, -0.25) is 9.30 Å². The van der Waals surface area contributed by atoms with Gasteiger partial charge in [0.1, 0.15) is 12.3 Å². The molecule has 8 nitrogen and oxygen atoms in total. The number of hydrogen-bond donors (Lipinski definition) is 2. The summed E-state index contributed by atoms with van der Waals surface area (Å²) in [6.45, 7) is 6.35. The maximum Gasteiger partial charge on any atom is 0.191 e. The highest BCUT2D eigenvalue weighted by atomic mass is 127. The van der Waals surface area contributed by atoms with Crippen LogP contribution in [0.1, 0.15) is 43.6 Å². The van der Waals surface area contributed by atoms with E-state index in [1.54, 1.807) is 7.11 Å². The van der Waals surface area contributed by atoms with Gasteiger partial charge in [-0.2, -0.15) is 0 Å². The summed E-state index contributed by atoms with van der Waals surface area (Å²) in [6.07, 6.45) is 5.79. The molecular weight excluding hydrogens is 529 g/mol. The summed E-state index contributed by atoms with van der Waals surface area (Å²) in [6, 6.07) is 14.6. The number of fused-ring (bicyclic) bond motifs is 1. The van der Waals surface area contributed by atoms with Crippen LogP contribution >= 0.6 is 24.0 Å². The second-order valence-corrected chi connectivity index (χ2v) is 8.01. The average Bonchev–Trinajstić information content (AvgIpc) is 3.27. The van der Waals surface area contributed by atoms with E-state index in [0.717, 1.165) is 49.4 Å². The molecule has 1 atom stereocenters. The van der Waals surface area contributed by atoms with Crippen molar-refractivity contribution in [3.05, 3.63) is 60.0 Å². The van der Waals surface area contributed by atoms with Gasteiger partial charge < -0.3 is 15.4 Å². The Morgan fingerprint density at radius 1 is 1.06 bits per heavy atom. The molecule has 0 amide bonds. The molecule has 3 heterocycles. The molecular formula is C24H34IN7O. The minimum Gasteiger partial charge on any atom is -0.497 e. The van der Waals surface area contributed by atoms with Crippen molar-refractivity contribution in [2.24, 2.45) is 4.99 Å². The minimum absolute atomic E-state index is 0. The Bertz CT molecular complexity index is 1020. The Hall–Kier alpha value is -2.40. The SMILES string of the molecule is CCNC(=NCc1nnc2ccccn12)NCC(c1ccc(OC)cc1)N1CCCCC1.I. The highest BCUT2D eigenvalue weighted by Crippen LogP contribution is 2.25. The molecule has 9 heteroatoms. The molecule has 2 N–H and O–H groups in total. The number of aliphatic imine (C=N–C) groups is 1. The van der Waals surface area contributed by atoms with Crippen LogP contribution < -0.4 is 15.4 Å². The molecule has 1 fully saturated rings. The van der Waals surface area contributed by atoms with Crippen molar-refractivity contribution in [3.8, 4) is 5.75 Å². The summed E-state index contributed by atoms with van der Waals surface area (Å²) in [5.74, 6) is 2.49. The van der Waals surface area contributed by atoms with E-state index in [2.05, 4.69) is 44.8 Å². The van der Waals surface area contributed by atoms with Crippen molar-refractivity contribution in [1.29, 1.82) is 0 Å². The van der Waals surface area contributed by atoms with Crippen LogP contribution in [0.5, 0.6) is 5.75 Å². The van der Waals surface area contributed by atoms with Gasteiger partial charge >= 0.3 is 0 Å². The first-order valence-electron chi connectivity index (χ1n) is 11.5. The Labute approximate surface area is 212 Å². The number of ether oxygens (including phenoxy) is 1. The molecule has 1 aromatic carbocycles. The normalized spacial score (nSPS) is 15.6. The van der Waals surface area contributed by atoms with Crippen molar-refractivity contribution >= 4 is 35.6 Å². The Balaban J connectivity index is 0.00000306. The Kier molecular flexibility index (Phi) is 9.74. The number of methoxy groups -OCH3 is 1. The zero-order valence-corrected chi connectivity index (χ0v) is 21.7. The van der Waals surface area contributed by atoms with E-state index in [-0.39, 0.29) is 30.0 Å². The van der Waals surface area contributed by atoms with E-state index in [1.807, 2.05) is 40.9 Å². The monoisotopic (exact) mass is 563 g/mol. The third kappa shape index (κ3) is 6.57. The minimum atomic E-state index is 0. The Morgan fingerprint density at radius 2 is 1.85 bits per heavy atom. The van der Waals surface area contributed by atoms with E-state index in [0.29, 0.717) is 6.54 Å². The molecule has 0 saturated carbocycles. The number of likely N-dealkylation sites (tertiary alicyclic amines) is 1. The van der Waals surface area contributed by atoms with E-state index in [9.17, 15) is 0 Å². The number of guanidine groups is 1. The van der Waals surface area contributed by atoms with Crippen LogP contribution in [0.4, 0.5) is 0 Å². The first-order chi connectivity index (χ1) is 15.8. The lowest BCUT2D eigenvalue weighted by molar-refractivity contribution is 0.164. The molecule has 0 radical (unpaired) electrons. The third-order valence-electron chi connectivity index (χ3n) is 5.90. The summed E-state index contributed by atoms with van der Waals surface area (Å²) in [4.78, 5) is 7.35. The fourth-order valence-electron chi connectivity index (χ4n) is 4.20. The van der Waals surface area contributed by atoms with Gasteiger partial charge in [0.2, 0.25) is 0 Å². The summed E-state index contributed by atoms with van der Waals surface area (Å²) >= 11 is 0. The van der Waals surface area contributed by atoms with Gasteiger partial charge in [0.25, 0.3) is 0 Å². The first-order valence-corrected chi connectivity index (χ1v) is 11.5. The zero-order chi connectivity index (χ0) is 22.2. The van der Waals surface area contributed by atoms with Gasteiger partial charge in [-0.15, -0.1) is 34.2 Å². The number of nitrogens with zero attached hydrogens (tertiary/aromatic N) is 5. The second-order valence-electron chi connectivity index (χ2n) is 8.01. The predicted octanol–water partition coefficient (Wildman–Crippen LogP) is 3.64. The van der Waals surface area contributed by atoms with Gasteiger partial charge in [0.15, 0.2) is 17.4 Å². The molecule has 2 aromatic heterocycles. The molecule has 0 bridgehead atoms. The maximum absolute atomic E-state index is 5.35. The number of halogens is 1. The van der Waals surface area contributed by atoms with Gasteiger partial charge in [0, 0.05) is 19.3 Å². The van der Waals surface area contributed by atoms with Crippen LogP contribution in [0.25, 0.3) is 5.65 Å². The number of pyridine rings is 1. The van der Waals surface area contributed by atoms with Crippen molar-refractivity contribution in [2.45, 2.75) is 38.8 Å². The summed E-state index contributed by atoms with van der Waals surface area (Å²) in [5, 5.41) is 15.4. The topological polar surface area (TPSA) is 79.1 Å².